The topological polar surface area (TPSA) is 17.1 Å². The Balaban J connectivity index is 2.28. The predicted molar refractivity (Wildman–Crippen MR) is 70.5 cm³/mol. The molecule has 0 saturated carbocycles. The Bertz CT molecular complexity index is 608. The van der Waals surface area contributed by atoms with Gasteiger partial charge in [0, 0.05) is 5.56 Å². The fourth-order valence-corrected chi connectivity index (χ4v) is 2.00. The average molecular weight is 281 g/mol. The molecule has 0 saturated heterocycles. The van der Waals surface area contributed by atoms with Gasteiger partial charge in [0.2, 0.25) is 0 Å². The van der Waals surface area contributed by atoms with Crippen LogP contribution >= 0.6 is 11.6 Å². The summed E-state index contributed by atoms with van der Waals surface area (Å²) in [5, 5.41) is -0.912. The summed E-state index contributed by atoms with van der Waals surface area (Å²) in [5.74, 6) is -1.10. The number of alkyl halides is 1. The summed E-state index contributed by atoms with van der Waals surface area (Å²) < 4.78 is 25.9. The van der Waals surface area contributed by atoms with E-state index in [1.165, 1.54) is 42.5 Å². The first kappa shape index (κ1) is 13.7. The van der Waals surface area contributed by atoms with E-state index in [0.717, 1.165) is 0 Å². The van der Waals surface area contributed by atoms with Crippen molar-refractivity contribution in [3.05, 3.63) is 70.8 Å². The van der Waals surface area contributed by atoms with E-state index >= 15 is 0 Å². The second kappa shape index (κ2) is 5.49. The average Bonchev–Trinajstić information content (AvgIpc) is 2.41. The van der Waals surface area contributed by atoms with E-state index in [1.807, 2.05) is 0 Å². The van der Waals surface area contributed by atoms with Crippen LogP contribution < -0.4 is 0 Å². The first-order valence-corrected chi connectivity index (χ1v) is 6.12. The van der Waals surface area contributed by atoms with Gasteiger partial charge in [-0.2, -0.15) is 0 Å². The standard InChI is InChI=1S/C15H11ClF2O/c1-9-8-11(4-7-13(9)18)15(19)14(16)10-2-5-12(17)6-3-10/h2-8,14H,1H3. The van der Waals surface area contributed by atoms with Gasteiger partial charge in [0.25, 0.3) is 0 Å². The molecule has 2 aromatic carbocycles. The van der Waals surface area contributed by atoms with Gasteiger partial charge in [0.1, 0.15) is 17.0 Å². The van der Waals surface area contributed by atoms with Crippen molar-refractivity contribution in [2.24, 2.45) is 0 Å². The molecule has 0 aliphatic carbocycles. The van der Waals surface area contributed by atoms with E-state index in [0.29, 0.717) is 16.7 Å². The van der Waals surface area contributed by atoms with Crippen molar-refractivity contribution in [1.82, 2.24) is 0 Å². The largest absolute Gasteiger partial charge is 0.292 e. The van der Waals surface area contributed by atoms with Crippen molar-refractivity contribution in [2.75, 3.05) is 0 Å². The first-order valence-electron chi connectivity index (χ1n) is 5.69. The summed E-state index contributed by atoms with van der Waals surface area (Å²) in [5.41, 5.74) is 1.23. The Labute approximate surface area is 114 Å². The predicted octanol–water partition coefficient (Wildman–Crippen LogP) is 4.44. The van der Waals surface area contributed by atoms with Crippen molar-refractivity contribution >= 4 is 17.4 Å². The fourth-order valence-electron chi connectivity index (χ4n) is 1.73. The summed E-state index contributed by atoms with van der Waals surface area (Å²) in [4.78, 5) is 12.1. The van der Waals surface area contributed by atoms with Gasteiger partial charge in [-0.25, -0.2) is 8.78 Å². The zero-order valence-electron chi connectivity index (χ0n) is 10.2. The molecule has 0 radical (unpaired) electrons. The molecule has 0 fully saturated rings. The quantitative estimate of drug-likeness (QED) is 0.600. The third-order valence-corrected chi connectivity index (χ3v) is 3.29. The Kier molecular flexibility index (Phi) is 3.96. The van der Waals surface area contributed by atoms with Crippen molar-refractivity contribution in [3.63, 3.8) is 0 Å². The minimum absolute atomic E-state index is 0.336. The van der Waals surface area contributed by atoms with Gasteiger partial charge < -0.3 is 0 Å². The molecule has 1 unspecified atom stereocenters. The lowest BCUT2D eigenvalue weighted by Crippen LogP contribution is -2.08. The molecule has 19 heavy (non-hydrogen) atoms. The maximum atomic E-state index is 13.1. The number of halogens is 3. The molecule has 98 valence electrons. The molecule has 0 N–H and O–H groups in total. The molecule has 0 aliphatic heterocycles. The number of benzene rings is 2. The van der Waals surface area contributed by atoms with Crippen LogP contribution in [0.2, 0.25) is 0 Å². The minimum atomic E-state index is -0.912. The van der Waals surface area contributed by atoms with Crippen LogP contribution in [-0.2, 0) is 0 Å². The van der Waals surface area contributed by atoms with E-state index in [4.69, 9.17) is 11.6 Å². The molecule has 4 heteroatoms. The molecular formula is C15H11ClF2O. The van der Waals surface area contributed by atoms with Gasteiger partial charge in [-0.3, -0.25) is 4.79 Å². The third kappa shape index (κ3) is 2.99. The number of carbonyl (C=O) groups excluding carboxylic acids is 1. The van der Waals surface area contributed by atoms with E-state index in [2.05, 4.69) is 0 Å². The molecule has 1 atom stereocenters. The highest BCUT2D eigenvalue weighted by Crippen LogP contribution is 2.26. The molecule has 0 aromatic heterocycles. The van der Waals surface area contributed by atoms with E-state index in [1.54, 1.807) is 6.92 Å². The number of ketones is 1. The SMILES string of the molecule is Cc1cc(C(=O)C(Cl)c2ccc(F)cc2)ccc1F. The molecule has 0 heterocycles. The Hall–Kier alpha value is -1.74. The van der Waals surface area contributed by atoms with E-state index < -0.39 is 11.2 Å². The number of hydrogen-bond acceptors (Lipinski definition) is 1. The molecule has 2 aromatic rings. The van der Waals surface area contributed by atoms with Gasteiger partial charge in [-0.15, -0.1) is 11.6 Å². The van der Waals surface area contributed by atoms with Crippen LogP contribution in [0.4, 0.5) is 8.78 Å². The lowest BCUT2D eigenvalue weighted by atomic mass is 10.0. The van der Waals surface area contributed by atoms with E-state index in [-0.39, 0.29) is 11.6 Å². The highest BCUT2D eigenvalue weighted by molar-refractivity contribution is 6.33. The molecule has 0 spiro atoms. The second-order valence-corrected chi connectivity index (χ2v) is 4.68. The number of aryl methyl sites for hydroxylation is 1. The summed E-state index contributed by atoms with van der Waals surface area (Å²) in [6.45, 7) is 1.58. The van der Waals surface area contributed by atoms with Crippen molar-refractivity contribution < 1.29 is 13.6 Å². The maximum absolute atomic E-state index is 13.1. The van der Waals surface area contributed by atoms with Crippen LogP contribution in [-0.4, -0.2) is 5.78 Å². The molecule has 0 bridgehead atoms. The van der Waals surface area contributed by atoms with Crippen LogP contribution in [0.5, 0.6) is 0 Å². The highest BCUT2D eigenvalue weighted by Gasteiger charge is 2.20. The van der Waals surface area contributed by atoms with Crippen LogP contribution in [0, 0.1) is 18.6 Å². The third-order valence-electron chi connectivity index (χ3n) is 2.84. The Morgan fingerprint density at radius 2 is 1.74 bits per heavy atom. The maximum Gasteiger partial charge on any atom is 0.185 e. The highest BCUT2D eigenvalue weighted by atomic mass is 35.5. The monoisotopic (exact) mass is 280 g/mol. The van der Waals surface area contributed by atoms with Crippen LogP contribution in [0.15, 0.2) is 42.5 Å². The van der Waals surface area contributed by atoms with E-state index in [9.17, 15) is 13.6 Å². The minimum Gasteiger partial charge on any atom is -0.292 e. The first-order chi connectivity index (χ1) is 8.99. The molecular weight excluding hydrogens is 270 g/mol. The smallest absolute Gasteiger partial charge is 0.185 e. The van der Waals surface area contributed by atoms with Crippen molar-refractivity contribution in [1.29, 1.82) is 0 Å². The number of hydrogen-bond donors (Lipinski definition) is 0. The molecule has 2 rings (SSSR count). The van der Waals surface area contributed by atoms with Gasteiger partial charge >= 0.3 is 0 Å². The summed E-state index contributed by atoms with van der Waals surface area (Å²) in [6, 6.07) is 9.49. The fraction of sp³-hybridized carbons (Fsp3) is 0.133. The second-order valence-electron chi connectivity index (χ2n) is 4.24. The number of carbonyl (C=O) groups is 1. The molecule has 0 aliphatic rings. The van der Waals surface area contributed by atoms with Crippen LogP contribution in [0.25, 0.3) is 0 Å². The van der Waals surface area contributed by atoms with Crippen molar-refractivity contribution in [3.8, 4) is 0 Å². The zero-order chi connectivity index (χ0) is 14.0. The van der Waals surface area contributed by atoms with Gasteiger partial charge in [0.05, 0.1) is 0 Å². The number of rotatable bonds is 3. The summed E-state index contributed by atoms with van der Waals surface area (Å²) in [7, 11) is 0. The van der Waals surface area contributed by atoms with Gasteiger partial charge in [-0.05, 0) is 48.4 Å². The van der Waals surface area contributed by atoms with Crippen LogP contribution in [0.3, 0.4) is 0 Å². The molecule has 1 nitrogen and oxygen atoms in total. The van der Waals surface area contributed by atoms with Gasteiger partial charge in [0.15, 0.2) is 5.78 Å². The lowest BCUT2D eigenvalue weighted by Gasteiger charge is -2.09. The Morgan fingerprint density at radius 3 is 2.32 bits per heavy atom. The zero-order valence-corrected chi connectivity index (χ0v) is 10.9. The van der Waals surface area contributed by atoms with Crippen molar-refractivity contribution in [2.45, 2.75) is 12.3 Å². The van der Waals surface area contributed by atoms with Gasteiger partial charge in [-0.1, -0.05) is 12.1 Å². The summed E-state index contributed by atoms with van der Waals surface area (Å²) >= 11 is 6.07. The number of Topliss-reactive ketones (excluding diaryl/α,β-unsaturated/α-hetero) is 1. The Morgan fingerprint density at radius 1 is 1.11 bits per heavy atom. The summed E-state index contributed by atoms with van der Waals surface area (Å²) in [6.07, 6.45) is 0. The molecule has 0 amide bonds. The lowest BCUT2D eigenvalue weighted by molar-refractivity contribution is 0.0987. The normalized spacial score (nSPS) is 12.2. The van der Waals surface area contributed by atoms with Crippen LogP contribution in [0.1, 0.15) is 26.9 Å².